The van der Waals surface area contributed by atoms with E-state index in [9.17, 15) is 0 Å². The predicted molar refractivity (Wildman–Crippen MR) is 30.0 cm³/mol. The molecule has 0 aromatic carbocycles. The van der Waals surface area contributed by atoms with Crippen LogP contribution in [0.1, 0.15) is 0 Å². The Bertz CT molecular complexity index is 19.5. The molecular formula is CH3B4O. The van der Waals surface area contributed by atoms with Gasteiger partial charge in [0, 0.05) is 7.74 Å². The van der Waals surface area contributed by atoms with Crippen molar-refractivity contribution in [1.29, 1.82) is 0 Å². The van der Waals surface area contributed by atoms with Gasteiger partial charge in [-0.3, -0.25) is 0 Å². The molecule has 0 aliphatic heterocycles. The minimum Gasteiger partial charge on any atom is -0.513 e. The van der Waals surface area contributed by atoms with E-state index < -0.39 is 0 Å². The van der Waals surface area contributed by atoms with Crippen molar-refractivity contribution in [3.8, 4) is 0 Å². The van der Waals surface area contributed by atoms with Crippen LogP contribution in [0.3, 0.4) is 0 Å². The third-order valence-corrected chi connectivity index (χ3v) is 0.293. The summed E-state index contributed by atoms with van der Waals surface area (Å²) in [5.41, 5.74) is 0. The second-order valence-electron chi connectivity index (χ2n) is 0.700. The molecule has 0 aromatic heterocycles. The lowest BCUT2D eigenvalue weighted by Gasteiger charge is -1.87. The first kappa shape index (κ1) is 6.22. The highest BCUT2D eigenvalue weighted by molar-refractivity contribution is 7.22. The summed E-state index contributed by atoms with van der Waals surface area (Å²) in [5.74, 6) is 0. The van der Waals surface area contributed by atoms with Crippen LogP contribution in [0, 0.1) is 0 Å². The van der Waals surface area contributed by atoms with E-state index in [0.717, 1.165) is 0 Å². The molecule has 6 heavy (non-hydrogen) atoms. The summed E-state index contributed by atoms with van der Waals surface area (Å²) >= 11 is 0. The molecule has 0 rings (SSSR count). The van der Waals surface area contributed by atoms with Crippen LogP contribution in [-0.4, -0.2) is 29.7 Å². The second kappa shape index (κ2) is 5.22. The second-order valence-corrected chi connectivity index (χ2v) is 0.700. The number of hydrogen-bond donors (Lipinski definition) is 0. The van der Waals surface area contributed by atoms with Crippen molar-refractivity contribution in [2.45, 2.75) is 6.82 Å². The van der Waals surface area contributed by atoms with E-state index in [-0.39, 0.29) is 0 Å². The quantitative estimate of drug-likeness (QED) is 0.308. The Morgan fingerprint density at radius 1 is 1.67 bits per heavy atom. The van der Waals surface area contributed by atoms with Crippen molar-refractivity contribution in [2.75, 3.05) is 0 Å². The Balaban J connectivity index is 2.34. The molecule has 0 aliphatic carbocycles. The van der Waals surface area contributed by atoms with E-state index in [0.29, 0.717) is 0 Å². The molecule has 0 heterocycles. The van der Waals surface area contributed by atoms with Gasteiger partial charge in [0.05, 0.1) is 7.06 Å². The Morgan fingerprint density at radius 3 is 2.50 bits per heavy atom. The standard InChI is InChI=1S/CH3B4O/c1-3-6-5-4-2/h1H3. The molecule has 0 saturated heterocycles. The molecule has 0 N–H and O–H groups in total. The predicted octanol–water partition coefficient (Wildman–Crippen LogP) is -1.01. The van der Waals surface area contributed by atoms with Crippen LogP contribution in [0.2, 0.25) is 6.82 Å². The van der Waals surface area contributed by atoms with Crippen LogP contribution in [0.25, 0.3) is 0 Å². The molecule has 0 aromatic rings. The van der Waals surface area contributed by atoms with Crippen LogP contribution in [0.5, 0.6) is 0 Å². The van der Waals surface area contributed by atoms with Gasteiger partial charge in [-0.15, -0.1) is 0 Å². The normalized spacial score (nSPS) is 6.83. The minimum atomic E-state index is 1.33. The Hall–Kier alpha value is 0.220. The van der Waals surface area contributed by atoms with E-state index in [1.165, 1.54) is 14.4 Å². The summed E-state index contributed by atoms with van der Waals surface area (Å²) < 4.78 is 4.55. The summed E-state index contributed by atoms with van der Waals surface area (Å²) in [6, 6.07) is 0. The van der Waals surface area contributed by atoms with Gasteiger partial charge in [-0.05, 0) is 0 Å². The molecule has 25 valence electrons. The molecule has 5 radical (unpaired) electrons. The maximum absolute atomic E-state index is 4.89. The summed E-state index contributed by atoms with van der Waals surface area (Å²) in [5, 5.41) is 0. The zero-order valence-corrected chi connectivity index (χ0v) is 3.72. The SMILES string of the molecule is [B][B][B]O[B]C. The van der Waals surface area contributed by atoms with E-state index in [1.807, 2.05) is 0 Å². The monoisotopic (exact) mass is 75.1 g/mol. The molecule has 5 heteroatoms. The molecule has 0 fully saturated rings. The van der Waals surface area contributed by atoms with Crippen LogP contribution in [-0.2, 0) is 4.57 Å². The molecule has 0 atom stereocenters. The zero-order chi connectivity index (χ0) is 4.83. The Labute approximate surface area is 42.0 Å². The van der Waals surface area contributed by atoms with Gasteiger partial charge >= 0.3 is 0 Å². The van der Waals surface area contributed by atoms with Crippen molar-refractivity contribution in [3.05, 3.63) is 0 Å². The van der Waals surface area contributed by atoms with Gasteiger partial charge in [-0.1, -0.05) is 6.82 Å². The smallest absolute Gasteiger partial charge is 0.268 e. The fraction of sp³-hybridized carbons (Fsp3) is 1.00. The van der Waals surface area contributed by atoms with E-state index in [2.05, 4.69) is 4.57 Å². The lowest BCUT2D eigenvalue weighted by atomic mass is 9.35. The number of rotatable bonds is 3. The Kier molecular flexibility index (Phi) is 5.41. The molecule has 0 bridgehead atoms. The Morgan fingerprint density at radius 2 is 2.33 bits per heavy atom. The van der Waals surface area contributed by atoms with Crippen LogP contribution in [0.4, 0.5) is 0 Å². The first-order chi connectivity index (χ1) is 2.91. The lowest BCUT2D eigenvalue weighted by Crippen LogP contribution is -2.09. The summed E-state index contributed by atoms with van der Waals surface area (Å²) in [7, 11) is 9.17. The first-order valence-electron chi connectivity index (χ1n) is 1.72. The maximum atomic E-state index is 4.89. The molecule has 0 saturated carbocycles. The van der Waals surface area contributed by atoms with Gasteiger partial charge in [-0.25, -0.2) is 0 Å². The molecule has 0 unspecified atom stereocenters. The lowest BCUT2D eigenvalue weighted by molar-refractivity contribution is 0.663. The van der Waals surface area contributed by atoms with Crippen molar-refractivity contribution < 1.29 is 4.57 Å². The molecule has 0 aliphatic rings. The molecular weight excluding hydrogens is 71.3 g/mol. The van der Waals surface area contributed by atoms with Crippen molar-refractivity contribution in [1.82, 2.24) is 0 Å². The van der Waals surface area contributed by atoms with Crippen molar-refractivity contribution >= 4 is 29.7 Å². The number of hydrogen-bond acceptors (Lipinski definition) is 1. The van der Waals surface area contributed by atoms with Crippen molar-refractivity contribution in [2.24, 2.45) is 0 Å². The van der Waals surface area contributed by atoms with Crippen molar-refractivity contribution in [3.63, 3.8) is 0 Å². The zero-order valence-electron chi connectivity index (χ0n) is 3.72. The van der Waals surface area contributed by atoms with E-state index >= 15 is 0 Å². The third kappa shape index (κ3) is 4.22. The van der Waals surface area contributed by atoms with E-state index in [4.69, 9.17) is 7.74 Å². The van der Waals surface area contributed by atoms with Crippen LogP contribution < -0.4 is 0 Å². The maximum Gasteiger partial charge on any atom is 0.268 e. The van der Waals surface area contributed by atoms with E-state index in [1.54, 1.807) is 14.3 Å². The molecule has 0 amide bonds. The summed E-state index contributed by atoms with van der Waals surface area (Å²) in [6.45, 7) is 1.78. The van der Waals surface area contributed by atoms with Crippen LogP contribution in [0.15, 0.2) is 0 Å². The van der Waals surface area contributed by atoms with Gasteiger partial charge in [0.2, 0.25) is 7.37 Å². The summed E-state index contributed by atoms with van der Waals surface area (Å²) in [4.78, 5) is 0. The third-order valence-electron chi connectivity index (χ3n) is 0.293. The first-order valence-corrected chi connectivity index (χ1v) is 1.72. The highest BCUT2D eigenvalue weighted by Gasteiger charge is 1.81. The minimum absolute atomic E-state index is 1.33. The topological polar surface area (TPSA) is 9.23 Å². The average molecular weight is 74.3 g/mol. The molecule has 1 nitrogen and oxygen atoms in total. The van der Waals surface area contributed by atoms with Gasteiger partial charge in [0.1, 0.15) is 0 Å². The fourth-order valence-electron chi connectivity index (χ4n) is 0.124. The summed E-state index contributed by atoms with van der Waals surface area (Å²) in [6.07, 6.45) is 0. The average Bonchev–Trinajstić information content (AvgIpc) is 1.61. The van der Waals surface area contributed by atoms with Gasteiger partial charge in [0.15, 0.2) is 0 Å². The fourth-order valence-corrected chi connectivity index (χ4v) is 0.124. The van der Waals surface area contributed by atoms with Gasteiger partial charge < -0.3 is 4.57 Å². The highest BCUT2D eigenvalue weighted by Crippen LogP contribution is 1.57. The van der Waals surface area contributed by atoms with Gasteiger partial charge in [-0.2, -0.15) is 0 Å². The highest BCUT2D eigenvalue weighted by atomic mass is 16.4. The van der Waals surface area contributed by atoms with Crippen LogP contribution >= 0.6 is 0 Å². The largest absolute Gasteiger partial charge is 0.513 e. The molecule has 0 spiro atoms. The van der Waals surface area contributed by atoms with Gasteiger partial charge in [0.25, 0.3) is 7.48 Å².